The van der Waals surface area contributed by atoms with E-state index in [1.54, 1.807) is 18.2 Å². The highest BCUT2D eigenvalue weighted by atomic mass is 16.4. The lowest BCUT2D eigenvalue weighted by Gasteiger charge is -2.30. The van der Waals surface area contributed by atoms with Gasteiger partial charge in [-0.3, -0.25) is 9.59 Å². The molecule has 0 atom stereocenters. The molecule has 3 saturated heterocycles. The zero-order valence-electron chi connectivity index (χ0n) is 17.3. The Kier molecular flexibility index (Phi) is 5.30. The van der Waals surface area contributed by atoms with E-state index in [1.165, 1.54) is 0 Å². The molecular weight excluding hydrogens is 390 g/mol. The normalized spacial score (nSPS) is 20.3. The van der Waals surface area contributed by atoms with Crippen LogP contribution >= 0.6 is 0 Å². The fourth-order valence-corrected chi connectivity index (χ4v) is 4.45. The van der Waals surface area contributed by atoms with Crippen LogP contribution in [-0.4, -0.2) is 53.8 Å². The first kappa shape index (κ1) is 19.6. The van der Waals surface area contributed by atoms with Gasteiger partial charge < -0.3 is 19.5 Å². The summed E-state index contributed by atoms with van der Waals surface area (Å²) in [6.45, 7) is 3.82. The number of nitrogens with one attached hydrogen (secondary N) is 1. The van der Waals surface area contributed by atoms with E-state index in [2.05, 4.69) is 10.2 Å². The largest absolute Gasteiger partial charge is 0.451 e. The summed E-state index contributed by atoms with van der Waals surface area (Å²) in [6, 6.07) is 20.4. The van der Waals surface area contributed by atoms with Crippen LogP contribution < -0.4 is 5.32 Å². The third-order valence-corrected chi connectivity index (χ3v) is 6.17. The third-order valence-electron chi connectivity index (χ3n) is 6.17. The van der Waals surface area contributed by atoms with Crippen molar-refractivity contribution in [3.8, 4) is 11.3 Å². The average molecular weight is 415 g/mol. The molecule has 0 radical (unpaired) electrons. The first-order chi connectivity index (χ1) is 15.2. The molecule has 6 heteroatoms. The van der Waals surface area contributed by atoms with Gasteiger partial charge >= 0.3 is 0 Å². The summed E-state index contributed by atoms with van der Waals surface area (Å²) in [5.41, 5.74) is 2.09. The lowest BCUT2D eigenvalue weighted by Crippen LogP contribution is -2.41. The molecular formula is C25H25N3O3. The third kappa shape index (κ3) is 4.11. The SMILES string of the molecule is O=C(Nc1cccc(-c2ccc(C(=O)N3CCN4CCC3CC4)o2)c1)c1ccccc1. The van der Waals surface area contributed by atoms with Crippen LogP contribution in [0.25, 0.3) is 11.3 Å². The van der Waals surface area contributed by atoms with Crippen molar-refractivity contribution in [2.75, 3.05) is 31.5 Å². The minimum atomic E-state index is -0.167. The number of piperidine rings is 1. The van der Waals surface area contributed by atoms with Gasteiger partial charge in [0.1, 0.15) is 5.76 Å². The molecule has 0 unspecified atom stereocenters. The topological polar surface area (TPSA) is 65.8 Å². The summed E-state index contributed by atoms with van der Waals surface area (Å²) in [7, 11) is 0. The van der Waals surface area contributed by atoms with Gasteiger partial charge in [-0.05, 0) is 49.2 Å². The number of nitrogens with zero attached hydrogens (tertiary/aromatic N) is 2. The van der Waals surface area contributed by atoms with Gasteiger partial charge in [-0.25, -0.2) is 0 Å². The first-order valence-electron chi connectivity index (χ1n) is 10.8. The number of fused-ring (bicyclic) bond motifs is 4. The Morgan fingerprint density at radius 1 is 0.871 bits per heavy atom. The molecule has 158 valence electrons. The van der Waals surface area contributed by atoms with Crippen molar-refractivity contribution < 1.29 is 14.0 Å². The van der Waals surface area contributed by atoms with Gasteiger partial charge in [0.25, 0.3) is 11.8 Å². The van der Waals surface area contributed by atoms with Gasteiger partial charge in [-0.2, -0.15) is 0 Å². The van der Waals surface area contributed by atoms with Crippen molar-refractivity contribution >= 4 is 17.5 Å². The van der Waals surface area contributed by atoms with Crippen LogP contribution in [0.5, 0.6) is 0 Å². The van der Waals surface area contributed by atoms with E-state index in [9.17, 15) is 9.59 Å². The number of furan rings is 1. The smallest absolute Gasteiger partial charge is 0.289 e. The van der Waals surface area contributed by atoms with E-state index < -0.39 is 0 Å². The summed E-state index contributed by atoms with van der Waals surface area (Å²) in [5, 5.41) is 2.91. The number of amides is 2. The Labute approximate surface area is 181 Å². The van der Waals surface area contributed by atoms with Gasteiger partial charge in [-0.15, -0.1) is 0 Å². The quantitative estimate of drug-likeness (QED) is 0.696. The lowest BCUT2D eigenvalue weighted by atomic mass is 10.1. The fraction of sp³-hybridized carbons (Fsp3) is 0.280. The molecule has 31 heavy (non-hydrogen) atoms. The minimum absolute atomic E-state index is 0.0338. The molecule has 2 aromatic carbocycles. The highest BCUT2D eigenvalue weighted by Gasteiger charge is 2.33. The van der Waals surface area contributed by atoms with Crippen LogP contribution in [-0.2, 0) is 0 Å². The molecule has 2 bridgehead atoms. The summed E-state index contributed by atoms with van der Waals surface area (Å²) in [5.74, 6) is 0.782. The van der Waals surface area contributed by atoms with Crippen LogP contribution in [0.4, 0.5) is 5.69 Å². The second-order valence-corrected chi connectivity index (χ2v) is 8.14. The van der Waals surface area contributed by atoms with Crippen molar-refractivity contribution in [3.05, 3.63) is 78.1 Å². The number of benzene rings is 2. The molecule has 6 rings (SSSR count). The van der Waals surface area contributed by atoms with Crippen molar-refractivity contribution in [2.45, 2.75) is 18.9 Å². The van der Waals surface area contributed by atoms with E-state index in [1.807, 2.05) is 53.4 Å². The molecule has 4 heterocycles. The van der Waals surface area contributed by atoms with Crippen molar-refractivity contribution in [1.82, 2.24) is 9.80 Å². The van der Waals surface area contributed by atoms with Gasteiger partial charge in [-0.1, -0.05) is 30.3 Å². The predicted octanol–water partition coefficient (Wildman–Crippen LogP) is 4.12. The second kappa shape index (κ2) is 8.40. The molecule has 1 N–H and O–H groups in total. The number of anilines is 1. The Morgan fingerprint density at radius 3 is 2.48 bits per heavy atom. The second-order valence-electron chi connectivity index (χ2n) is 8.14. The molecule has 3 fully saturated rings. The van der Waals surface area contributed by atoms with E-state index in [-0.39, 0.29) is 11.8 Å². The van der Waals surface area contributed by atoms with E-state index in [0.717, 1.165) is 44.6 Å². The standard InChI is InChI=1S/C25H25N3O3/c29-24(18-5-2-1-3-6-18)26-20-8-4-7-19(17-20)22-9-10-23(31-22)25(30)28-16-15-27-13-11-21(28)12-14-27/h1-10,17,21H,11-16H2,(H,26,29). The number of hydrogen-bond acceptors (Lipinski definition) is 4. The molecule has 1 aromatic heterocycles. The minimum Gasteiger partial charge on any atom is -0.451 e. The molecule has 0 aliphatic carbocycles. The molecule has 3 aliphatic heterocycles. The summed E-state index contributed by atoms with van der Waals surface area (Å²) >= 11 is 0. The number of rotatable bonds is 4. The summed E-state index contributed by atoms with van der Waals surface area (Å²) in [4.78, 5) is 29.9. The molecule has 3 aromatic rings. The van der Waals surface area contributed by atoms with Gasteiger partial charge in [0.05, 0.1) is 0 Å². The van der Waals surface area contributed by atoms with Gasteiger partial charge in [0.15, 0.2) is 5.76 Å². The van der Waals surface area contributed by atoms with Crippen LogP contribution in [0, 0.1) is 0 Å². The maximum Gasteiger partial charge on any atom is 0.289 e. The predicted molar refractivity (Wildman–Crippen MR) is 119 cm³/mol. The zero-order chi connectivity index (χ0) is 21.2. The zero-order valence-corrected chi connectivity index (χ0v) is 17.3. The Hall–Kier alpha value is -3.38. The number of carbonyl (C=O) groups excluding carboxylic acids is 2. The monoisotopic (exact) mass is 415 g/mol. The highest BCUT2D eigenvalue weighted by Crippen LogP contribution is 2.28. The highest BCUT2D eigenvalue weighted by molar-refractivity contribution is 6.04. The molecule has 0 spiro atoms. The maximum atomic E-state index is 13.1. The van der Waals surface area contributed by atoms with Crippen LogP contribution in [0.15, 0.2) is 71.1 Å². The fourth-order valence-electron chi connectivity index (χ4n) is 4.45. The van der Waals surface area contributed by atoms with Crippen molar-refractivity contribution in [1.29, 1.82) is 0 Å². The maximum absolute atomic E-state index is 13.1. The molecule has 0 saturated carbocycles. The molecule has 3 aliphatic rings. The Morgan fingerprint density at radius 2 is 1.68 bits per heavy atom. The first-order valence-corrected chi connectivity index (χ1v) is 10.8. The summed E-state index contributed by atoms with van der Waals surface area (Å²) < 4.78 is 5.96. The molecule has 2 amide bonds. The van der Waals surface area contributed by atoms with Gasteiger partial charge in [0.2, 0.25) is 0 Å². The van der Waals surface area contributed by atoms with Gasteiger partial charge in [0, 0.05) is 49.0 Å². The van der Waals surface area contributed by atoms with Crippen molar-refractivity contribution in [3.63, 3.8) is 0 Å². The number of carbonyl (C=O) groups is 2. The van der Waals surface area contributed by atoms with Crippen LogP contribution in [0.2, 0.25) is 0 Å². The number of hydrogen-bond donors (Lipinski definition) is 1. The summed E-state index contributed by atoms with van der Waals surface area (Å²) in [6.07, 6.45) is 2.06. The molecule has 6 nitrogen and oxygen atoms in total. The lowest BCUT2D eigenvalue weighted by molar-refractivity contribution is 0.0653. The van der Waals surface area contributed by atoms with E-state index in [4.69, 9.17) is 4.42 Å². The van der Waals surface area contributed by atoms with E-state index >= 15 is 0 Å². The average Bonchev–Trinajstić information content (AvgIpc) is 3.12. The van der Waals surface area contributed by atoms with Crippen LogP contribution in [0.1, 0.15) is 33.8 Å². The van der Waals surface area contributed by atoms with Crippen molar-refractivity contribution in [2.24, 2.45) is 0 Å². The Balaban J connectivity index is 1.32. The van der Waals surface area contributed by atoms with Crippen LogP contribution in [0.3, 0.4) is 0 Å². The Bertz CT molecular complexity index is 1080. The van der Waals surface area contributed by atoms with E-state index in [0.29, 0.717) is 28.8 Å².